The molecule has 6 heteroatoms. The minimum absolute atomic E-state index is 0.487. The summed E-state index contributed by atoms with van der Waals surface area (Å²) in [5.74, 6) is 0.983. The smallest absolute Gasteiger partial charge is 0.151 e. The summed E-state index contributed by atoms with van der Waals surface area (Å²) in [5.41, 5.74) is 1.09. The Morgan fingerprint density at radius 2 is 2.17 bits per heavy atom. The van der Waals surface area contributed by atoms with Crippen molar-refractivity contribution in [3.05, 3.63) is 47.6 Å². The number of nitrogens with one attached hydrogen (secondary N) is 1. The van der Waals surface area contributed by atoms with E-state index < -0.39 is 0 Å². The molecule has 3 aromatic rings. The van der Waals surface area contributed by atoms with Crippen LogP contribution in [0, 0.1) is 0 Å². The van der Waals surface area contributed by atoms with Gasteiger partial charge in [-0.1, -0.05) is 12.1 Å². The Morgan fingerprint density at radius 1 is 1.22 bits per heavy atom. The minimum atomic E-state index is 0.487. The van der Waals surface area contributed by atoms with Gasteiger partial charge in [-0.3, -0.25) is 0 Å². The predicted molar refractivity (Wildman–Crippen MR) is 93.7 cm³/mol. The van der Waals surface area contributed by atoms with Gasteiger partial charge >= 0.3 is 0 Å². The first-order chi connectivity index (χ1) is 11.4. The monoisotopic (exact) mass is 325 g/mol. The maximum absolute atomic E-state index is 4.67. The summed E-state index contributed by atoms with van der Waals surface area (Å²) in [5, 5.41) is 13.0. The zero-order chi connectivity index (χ0) is 15.5. The lowest BCUT2D eigenvalue weighted by atomic mass is 10.2. The lowest BCUT2D eigenvalue weighted by Crippen LogP contribution is -2.38. The van der Waals surface area contributed by atoms with Crippen molar-refractivity contribution in [2.45, 2.75) is 25.4 Å². The molecule has 118 valence electrons. The van der Waals surface area contributed by atoms with Crippen molar-refractivity contribution in [2.24, 2.45) is 0 Å². The van der Waals surface area contributed by atoms with Crippen LogP contribution >= 0.6 is 11.3 Å². The lowest BCUT2D eigenvalue weighted by molar-refractivity contribution is 0.569. The topological polar surface area (TPSA) is 53.9 Å². The van der Waals surface area contributed by atoms with Crippen LogP contribution in [0.1, 0.15) is 17.8 Å². The molecular formula is C17H19N5S. The van der Waals surface area contributed by atoms with Gasteiger partial charge in [0.25, 0.3) is 0 Å². The van der Waals surface area contributed by atoms with Crippen LogP contribution in [-0.2, 0) is 6.54 Å². The fourth-order valence-corrected chi connectivity index (χ4v) is 4.07. The first kappa shape index (κ1) is 14.5. The van der Waals surface area contributed by atoms with Crippen LogP contribution in [0.15, 0.2) is 42.6 Å². The van der Waals surface area contributed by atoms with Crippen molar-refractivity contribution in [3.63, 3.8) is 0 Å². The molecule has 0 radical (unpaired) electrons. The summed E-state index contributed by atoms with van der Waals surface area (Å²) in [4.78, 5) is 7.03. The van der Waals surface area contributed by atoms with Crippen LogP contribution in [0.4, 0.5) is 5.82 Å². The number of aromatic nitrogens is 3. The molecule has 5 nitrogen and oxygen atoms in total. The number of thiazole rings is 1. The first-order valence-electron chi connectivity index (χ1n) is 8.00. The number of anilines is 1. The number of para-hydroxylation sites is 1. The second-order valence-corrected chi connectivity index (χ2v) is 6.89. The Labute approximate surface area is 139 Å². The van der Waals surface area contributed by atoms with Crippen molar-refractivity contribution in [3.8, 4) is 0 Å². The van der Waals surface area contributed by atoms with E-state index in [1.165, 1.54) is 17.5 Å². The fourth-order valence-electron chi connectivity index (χ4n) is 3.14. The molecule has 0 spiro atoms. The zero-order valence-corrected chi connectivity index (χ0v) is 13.7. The van der Waals surface area contributed by atoms with Crippen molar-refractivity contribution >= 4 is 27.4 Å². The van der Waals surface area contributed by atoms with Gasteiger partial charge in [-0.25, -0.2) is 4.98 Å². The number of fused-ring (bicyclic) bond motifs is 1. The van der Waals surface area contributed by atoms with Crippen LogP contribution < -0.4 is 10.2 Å². The Balaban J connectivity index is 1.37. The summed E-state index contributed by atoms with van der Waals surface area (Å²) in [6, 6.07) is 12.8. The molecule has 0 saturated carbocycles. The number of benzene rings is 1. The van der Waals surface area contributed by atoms with Crippen molar-refractivity contribution in [1.82, 2.24) is 20.5 Å². The van der Waals surface area contributed by atoms with E-state index in [1.54, 1.807) is 17.5 Å². The SMILES string of the molecule is c1cnnc(N2CCC[C@H]2CNCc2nc3ccccc3s2)c1. The molecule has 0 bridgehead atoms. The molecule has 23 heavy (non-hydrogen) atoms. The predicted octanol–water partition coefficient (Wildman–Crippen LogP) is 2.84. The largest absolute Gasteiger partial charge is 0.351 e. The van der Waals surface area contributed by atoms with Crippen molar-refractivity contribution in [1.29, 1.82) is 0 Å². The van der Waals surface area contributed by atoms with Crippen LogP contribution in [-0.4, -0.2) is 34.3 Å². The molecule has 0 amide bonds. The molecule has 1 N–H and O–H groups in total. The third kappa shape index (κ3) is 3.18. The average molecular weight is 325 g/mol. The minimum Gasteiger partial charge on any atom is -0.351 e. The Morgan fingerprint density at radius 3 is 3.04 bits per heavy atom. The highest BCUT2D eigenvalue weighted by Crippen LogP contribution is 2.23. The van der Waals surface area contributed by atoms with Gasteiger partial charge in [-0.15, -0.1) is 16.4 Å². The fraction of sp³-hybridized carbons (Fsp3) is 0.353. The van der Waals surface area contributed by atoms with E-state index in [0.717, 1.165) is 36.0 Å². The second kappa shape index (κ2) is 6.60. The highest BCUT2D eigenvalue weighted by Gasteiger charge is 2.25. The van der Waals surface area contributed by atoms with Gasteiger partial charge in [0.15, 0.2) is 5.82 Å². The Kier molecular flexibility index (Phi) is 4.17. The molecule has 1 fully saturated rings. The van der Waals surface area contributed by atoms with Gasteiger partial charge in [0, 0.05) is 31.9 Å². The summed E-state index contributed by atoms with van der Waals surface area (Å²) in [7, 11) is 0. The summed E-state index contributed by atoms with van der Waals surface area (Å²) >= 11 is 1.77. The van der Waals surface area contributed by atoms with E-state index in [9.17, 15) is 0 Å². The Bertz CT molecular complexity index is 740. The molecule has 0 aliphatic carbocycles. The molecule has 1 atom stereocenters. The van der Waals surface area contributed by atoms with Gasteiger partial charge in [-0.2, -0.15) is 5.10 Å². The zero-order valence-electron chi connectivity index (χ0n) is 12.9. The number of hydrogen-bond donors (Lipinski definition) is 1. The van der Waals surface area contributed by atoms with E-state index in [2.05, 4.69) is 43.6 Å². The molecule has 4 rings (SSSR count). The van der Waals surface area contributed by atoms with E-state index in [0.29, 0.717) is 6.04 Å². The number of hydrogen-bond acceptors (Lipinski definition) is 6. The first-order valence-corrected chi connectivity index (χ1v) is 8.81. The Hall–Kier alpha value is -2.05. The van der Waals surface area contributed by atoms with E-state index in [4.69, 9.17) is 0 Å². The highest BCUT2D eigenvalue weighted by molar-refractivity contribution is 7.18. The quantitative estimate of drug-likeness (QED) is 0.782. The highest BCUT2D eigenvalue weighted by atomic mass is 32.1. The van der Waals surface area contributed by atoms with E-state index >= 15 is 0 Å². The molecular weight excluding hydrogens is 306 g/mol. The summed E-state index contributed by atoms with van der Waals surface area (Å²) < 4.78 is 1.26. The second-order valence-electron chi connectivity index (χ2n) is 5.78. The van der Waals surface area contributed by atoms with Gasteiger partial charge in [-0.05, 0) is 37.1 Å². The molecule has 1 aromatic carbocycles. The van der Waals surface area contributed by atoms with E-state index in [-0.39, 0.29) is 0 Å². The van der Waals surface area contributed by atoms with Gasteiger partial charge in [0.1, 0.15) is 5.01 Å². The molecule has 1 aliphatic rings. The standard InChI is InChI=1S/C17H19N5S/c1-2-7-15-14(6-1)20-17(23-15)12-18-11-13-5-4-10-22(13)16-8-3-9-19-21-16/h1-3,6-9,13,18H,4-5,10-12H2/t13-/m0/s1. The molecule has 2 aromatic heterocycles. The van der Waals surface area contributed by atoms with Gasteiger partial charge in [0.05, 0.1) is 10.2 Å². The van der Waals surface area contributed by atoms with Gasteiger partial charge in [0.2, 0.25) is 0 Å². The maximum Gasteiger partial charge on any atom is 0.151 e. The molecule has 1 saturated heterocycles. The van der Waals surface area contributed by atoms with Crippen molar-refractivity contribution in [2.75, 3.05) is 18.0 Å². The molecule has 3 heterocycles. The normalized spacial score (nSPS) is 17.9. The summed E-state index contributed by atoms with van der Waals surface area (Å²) in [6.07, 6.45) is 4.13. The molecule has 1 aliphatic heterocycles. The van der Waals surface area contributed by atoms with Crippen molar-refractivity contribution < 1.29 is 0 Å². The maximum atomic E-state index is 4.67. The molecule has 0 unspecified atom stereocenters. The average Bonchev–Trinajstić information content (AvgIpc) is 3.22. The van der Waals surface area contributed by atoms with Crippen LogP contribution in [0.5, 0.6) is 0 Å². The number of rotatable bonds is 5. The van der Waals surface area contributed by atoms with Gasteiger partial charge < -0.3 is 10.2 Å². The summed E-state index contributed by atoms with van der Waals surface area (Å²) in [6.45, 7) is 2.84. The van der Waals surface area contributed by atoms with Crippen LogP contribution in [0.2, 0.25) is 0 Å². The van der Waals surface area contributed by atoms with Crippen LogP contribution in [0.25, 0.3) is 10.2 Å². The van der Waals surface area contributed by atoms with Crippen LogP contribution in [0.3, 0.4) is 0 Å². The lowest BCUT2D eigenvalue weighted by Gasteiger charge is -2.25. The number of nitrogens with zero attached hydrogens (tertiary/aromatic N) is 4. The van der Waals surface area contributed by atoms with E-state index in [1.807, 2.05) is 18.2 Å². The third-order valence-corrected chi connectivity index (χ3v) is 5.26. The third-order valence-electron chi connectivity index (χ3n) is 4.22.